The molecule has 0 N–H and O–H groups in total. The molecule has 2 aromatic rings. The van der Waals surface area contributed by atoms with Gasteiger partial charge in [0.2, 0.25) is 10.0 Å². The van der Waals surface area contributed by atoms with Crippen molar-refractivity contribution in [3.8, 4) is 0 Å². The van der Waals surface area contributed by atoms with Crippen LogP contribution in [0.25, 0.3) is 0 Å². The van der Waals surface area contributed by atoms with Gasteiger partial charge < -0.3 is 4.74 Å². The highest BCUT2D eigenvalue weighted by atomic mass is 32.2. The molecule has 1 aliphatic heterocycles. The average molecular weight is 647 g/mol. The van der Waals surface area contributed by atoms with Gasteiger partial charge in [-0.3, -0.25) is 4.90 Å². The van der Waals surface area contributed by atoms with Crippen LogP contribution in [0.4, 0.5) is 50.0 Å². The Morgan fingerprint density at radius 3 is 1.88 bits per heavy atom. The third-order valence-electron chi connectivity index (χ3n) is 7.23. The minimum atomic E-state index is -5.21. The van der Waals surface area contributed by atoms with Gasteiger partial charge in [-0.1, -0.05) is 0 Å². The Morgan fingerprint density at radius 2 is 1.44 bits per heavy atom. The van der Waals surface area contributed by atoms with Crippen LogP contribution in [0.1, 0.15) is 67.0 Å². The van der Waals surface area contributed by atoms with Gasteiger partial charge in [-0.25, -0.2) is 13.2 Å². The van der Waals surface area contributed by atoms with E-state index in [2.05, 4.69) is 0 Å². The number of alkyl halides is 9. The van der Waals surface area contributed by atoms with Crippen LogP contribution in [0.3, 0.4) is 0 Å². The predicted molar refractivity (Wildman–Crippen MR) is 136 cm³/mol. The lowest BCUT2D eigenvalue weighted by Crippen LogP contribution is -2.50. The molecule has 0 aromatic heterocycles. The number of hydrogen-bond donors (Lipinski definition) is 0. The molecular formula is C27H27F9N2O4S. The maximum atomic E-state index is 13.8. The van der Waals surface area contributed by atoms with Crippen molar-refractivity contribution in [3.63, 3.8) is 0 Å². The van der Waals surface area contributed by atoms with Crippen molar-refractivity contribution in [2.75, 3.05) is 11.2 Å². The van der Waals surface area contributed by atoms with E-state index in [9.17, 15) is 52.7 Å². The van der Waals surface area contributed by atoms with Crippen LogP contribution in [0.2, 0.25) is 0 Å². The highest BCUT2D eigenvalue weighted by Crippen LogP contribution is 2.50. The molecule has 2 unspecified atom stereocenters. The number of sulfonamides is 1. The van der Waals surface area contributed by atoms with E-state index in [4.69, 9.17) is 4.74 Å². The molecule has 2 aromatic carbocycles. The standard InChI is InChI=1S/C27H27F9N2O4S/c1-14(2)42-24(39)38-21-7-6-17(25(28,29)30)11-20(21)23(12-22(38)16-4-5-16)37(43(3,40)41)13-15-8-18(26(31,32)33)10-19(9-15)27(34,35)36/h6-11,14,16,22-23H,4-5,12-13H2,1-3H3. The summed E-state index contributed by atoms with van der Waals surface area (Å²) >= 11 is 0. The smallest absolute Gasteiger partial charge is 0.416 e. The molecule has 0 bridgehead atoms. The summed E-state index contributed by atoms with van der Waals surface area (Å²) in [6, 6.07) is 0.733. The molecule has 0 radical (unpaired) electrons. The SMILES string of the molecule is CC(C)OC(=O)N1c2ccc(C(F)(F)F)cc2C(N(Cc2cc(C(F)(F)F)cc(C(F)(F)F)c2)S(C)(=O)=O)CC1C1CC1. The fourth-order valence-corrected chi connectivity index (χ4v) is 6.30. The fourth-order valence-electron chi connectivity index (χ4n) is 5.26. The quantitative estimate of drug-likeness (QED) is 0.301. The van der Waals surface area contributed by atoms with E-state index >= 15 is 0 Å². The van der Waals surface area contributed by atoms with E-state index in [1.54, 1.807) is 13.8 Å². The monoisotopic (exact) mass is 646 g/mol. The van der Waals surface area contributed by atoms with Crippen molar-refractivity contribution in [1.29, 1.82) is 0 Å². The van der Waals surface area contributed by atoms with Gasteiger partial charge in [0.1, 0.15) is 0 Å². The van der Waals surface area contributed by atoms with Crippen molar-refractivity contribution < 1.29 is 57.5 Å². The molecule has 1 saturated carbocycles. The lowest BCUT2D eigenvalue weighted by atomic mass is 9.87. The number of carbonyl (C=O) groups excluding carboxylic acids is 1. The van der Waals surface area contributed by atoms with Crippen molar-refractivity contribution in [3.05, 3.63) is 64.2 Å². The van der Waals surface area contributed by atoms with Crippen LogP contribution in [-0.2, 0) is 39.8 Å². The summed E-state index contributed by atoms with van der Waals surface area (Å²) in [5, 5.41) is 0. The molecule has 0 spiro atoms. The second-order valence-corrected chi connectivity index (χ2v) is 12.9. The molecule has 43 heavy (non-hydrogen) atoms. The lowest BCUT2D eigenvalue weighted by molar-refractivity contribution is -0.143. The number of nitrogens with zero attached hydrogens (tertiary/aromatic N) is 2. The highest BCUT2D eigenvalue weighted by molar-refractivity contribution is 7.88. The van der Waals surface area contributed by atoms with Crippen molar-refractivity contribution in [1.82, 2.24) is 4.31 Å². The normalized spacial score (nSPS) is 20.0. The zero-order valence-electron chi connectivity index (χ0n) is 22.9. The van der Waals surface area contributed by atoms with Gasteiger partial charge >= 0.3 is 24.6 Å². The van der Waals surface area contributed by atoms with Crippen LogP contribution >= 0.6 is 0 Å². The largest absolute Gasteiger partial charge is 0.446 e. The van der Waals surface area contributed by atoms with Crippen LogP contribution in [0, 0.1) is 5.92 Å². The summed E-state index contributed by atoms with van der Waals surface area (Å²) in [6.45, 7) is 2.10. The summed E-state index contributed by atoms with van der Waals surface area (Å²) in [7, 11) is -4.48. The van der Waals surface area contributed by atoms with Gasteiger partial charge in [0, 0.05) is 12.6 Å². The number of anilines is 1. The summed E-state index contributed by atoms with van der Waals surface area (Å²) in [4.78, 5) is 14.3. The number of ether oxygens (including phenoxy) is 1. The maximum absolute atomic E-state index is 13.8. The number of carbonyl (C=O) groups is 1. The minimum Gasteiger partial charge on any atom is -0.446 e. The number of amides is 1. The maximum Gasteiger partial charge on any atom is 0.416 e. The van der Waals surface area contributed by atoms with Crippen LogP contribution in [0.15, 0.2) is 36.4 Å². The zero-order valence-corrected chi connectivity index (χ0v) is 23.8. The number of rotatable bonds is 6. The first-order chi connectivity index (χ1) is 19.6. The number of hydrogen-bond acceptors (Lipinski definition) is 4. The molecule has 2 atom stereocenters. The Morgan fingerprint density at radius 1 is 0.907 bits per heavy atom. The van der Waals surface area contributed by atoms with Gasteiger partial charge in [-0.15, -0.1) is 0 Å². The zero-order chi connectivity index (χ0) is 32.3. The van der Waals surface area contributed by atoms with Gasteiger partial charge in [0.25, 0.3) is 0 Å². The van der Waals surface area contributed by atoms with Crippen LogP contribution < -0.4 is 4.90 Å². The molecule has 2 aliphatic rings. The number of benzene rings is 2. The van der Waals surface area contributed by atoms with Gasteiger partial charge in [-0.05, 0) is 86.6 Å². The van der Waals surface area contributed by atoms with Crippen LogP contribution in [0.5, 0.6) is 0 Å². The van der Waals surface area contributed by atoms with Crippen LogP contribution in [-0.4, -0.2) is 37.2 Å². The minimum absolute atomic E-state index is 0.0968. The summed E-state index contributed by atoms with van der Waals surface area (Å²) in [5.74, 6) is -0.190. The first-order valence-electron chi connectivity index (χ1n) is 13.0. The van der Waals surface area contributed by atoms with E-state index < -0.39 is 81.6 Å². The summed E-state index contributed by atoms with van der Waals surface area (Å²) < 4.78 is 155. The predicted octanol–water partition coefficient (Wildman–Crippen LogP) is 7.78. The Hall–Kier alpha value is -3.01. The Labute approximate surface area is 241 Å². The topological polar surface area (TPSA) is 66.9 Å². The highest BCUT2D eigenvalue weighted by Gasteiger charge is 2.48. The van der Waals surface area contributed by atoms with Crippen molar-refractivity contribution in [2.45, 2.75) is 76.4 Å². The fraction of sp³-hybridized carbons (Fsp3) is 0.519. The summed E-state index contributed by atoms with van der Waals surface area (Å²) in [6.07, 6.45) is -15.2. The number of halogens is 9. The Kier molecular flexibility index (Phi) is 8.54. The number of fused-ring (bicyclic) bond motifs is 1. The van der Waals surface area contributed by atoms with Gasteiger partial charge in [0.15, 0.2) is 0 Å². The second-order valence-electron chi connectivity index (χ2n) is 11.0. The first-order valence-corrected chi connectivity index (χ1v) is 14.9. The van der Waals surface area contributed by atoms with E-state index in [1.165, 1.54) is 0 Å². The van der Waals surface area contributed by atoms with E-state index in [-0.39, 0.29) is 29.7 Å². The van der Waals surface area contributed by atoms with Crippen molar-refractivity contribution in [2.24, 2.45) is 5.92 Å². The third-order valence-corrected chi connectivity index (χ3v) is 8.46. The molecule has 238 valence electrons. The Balaban J connectivity index is 1.91. The lowest BCUT2D eigenvalue weighted by Gasteiger charge is -2.44. The van der Waals surface area contributed by atoms with E-state index in [0.29, 0.717) is 47.7 Å². The molecule has 1 amide bonds. The third kappa shape index (κ3) is 7.39. The molecule has 1 aliphatic carbocycles. The molecular weight excluding hydrogens is 619 g/mol. The Bertz CT molecular complexity index is 1450. The van der Waals surface area contributed by atoms with Gasteiger partial charge in [0.05, 0.1) is 40.8 Å². The average Bonchev–Trinajstić information content (AvgIpc) is 3.68. The van der Waals surface area contributed by atoms with Crippen molar-refractivity contribution >= 4 is 21.8 Å². The van der Waals surface area contributed by atoms with E-state index in [0.717, 1.165) is 11.0 Å². The van der Waals surface area contributed by atoms with E-state index in [1.807, 2.05) is 0 Å². The summed E-state index contributed by atoms with van der Waals surface area (Å²) in [5.41, 5.74) is -5.60. The molecule has 1 fully saturated rings. The molecule has 0 saturated heterocycles. The second kappa shape index (κ2) is 11.2. The molecule has 1 heterocycles. The van der Waals surface area contributed by atoms with Gasteiger partial charge in [-0.2, -0.15) is 43.8 Å². The molecule has 4 rings (SSSR count). The molecule has 6 nitrogen and oxygen atoms in total. The first kappa shape index (κ1) is 32.9. The molecule has 16 heteroatoms.